The van der Waals surface area contributed by atoms with Gasteiger partial charge in [0.2, 0.25) is 0 Å². The molecule has 0 aliphatic heterocycles. The van der Waals surface area contributed by atoms with Gasteiger partial charge in [0.25, 0.3) is 11.5 Å². The molecule has 3 rings (SSSR count). The SMILES string of the molecule is Cc1cc(C)c(CNC(=O)c2cn([C@@H](C)c3ccccc3)nc2C)c(=O)[nH]1. The normalized spacial score (nSPS) is 12.0. The van der Waals surface area contributed by atoms with Gasteiger partial charge in [-0.2, -0.15) is 5.10 Å². The molecule has 0 aliphatic carbocycles. The van der Waals surface area contributed by atoms with E-state index in [2.05, 4.69) is 15.4 Å². The van der Waals surface area contributed by atoms with Crippen LogP contribution in [-0.2, 0) is 6.54 Å². The third-order valence-corrected chi connectivity index (χ3v) is 4.76. The first kappa shape index (κ1) is 18.6. The molecule has 2 aromatic heterocycles. The highest BCUT2D eigenvalue weighted by Gasteiger charge is 2.17. The van der Waals surface area contributed by atoms with Crippen molar-refractivity contribution >= 4 is 5.91 Å². The number of pyridine rings is 1. The molecule has 3 aromatic rings. The number of rotatable bonds is 5. The molecule has 0 saturated carbocycles. The van der Waals surface area contributed by atoms with Gasteiger partial charge < -0.3 is 10.3 Å². The summed E-state index contributed by atoms with van der Waals surface area (Å²) in [5.74, 6) is -0.238. The first-order chi connectivity index (χ1) is 12.9. The van der Waals surface area contributed by atoms with Crippen molar-refractivity contribution in [3.8, 4) is 0 Å². The molecule has 1 amide bonds. The summed E-state index contributed by atoms with van der Waals surface area (Å²) in [5.41, 5.74) is 4.35. The van der Waals surface area contributed by atoms with E-state index in [0.717, 1.165) is 16.8 Å². The van der Waals surface area contributed by atoms with Gasteiger partial charge in [-0.1, -0.05) is 30.3 Å². The fourth-order valence-electron chi connectivity index (χ4n) is 3.15. The van der Waals surface area contributed by atoms with Crippen molar-refractivity contribution in [2.75, 3.05) is 0 Å². The van der Waals surface area contributed by atoms with Crippen LogP contribution >= 0.6 is 0 Å². The maximum Gasteiger partial charge on any atom is 0.255 e. The molecule has 0 saturated heterocycles. The molecule has 0 unspecified atom stereocenters. The third kappa shape index (κ3) is 4.00. The molecule has 2 N–H and O–H groups in total. The first-order valence-electron chi connectivity index (χ1n) is 8.95. The van der Waals surface area contributed by atoms with E-state index < -0.39 is 0 Å². The van der Waals surface area contributed by atoms with Crippen molar-refractivity contribution < 1.29 is 4.79 Å². The van der Waals surface area contributed by atoms with Gasteiger partial charge in [-0.25, -0.2) is 0 Å². The zero-order chi connectivity index (χ0) is 19.6. The number of nitrogens with zero attached hydrogens (tertiary/aromatic N) is 2. The predicted octanol–water partition coefficient (Wildman–Crippen LogP) is 3.04. The van der Waals surface area contributed by atoms with Crippen LogP contribution in [0.25, 0.3) is 0 Å². The van der Waals surface area contributed by atoms with Gasteiger partial charge in [0.15, 0.2) is 0 Å². The van der Waals surface area contributed by atoms with Gasteiger partial charge in [0.05, 0.1) is 17.3 Å². The van der Waals surface area contributed by atoms with Crippen LogP contribution in [0, 0.1) is 20.8 Å². The van der Waals surface area contributed by atoms with E-state index >= 15 is 0 Å². The molecule has 6 nitrogen and oxygen atoms in total. The summed E-state index contributed by atoms with van der Waals surface area (Å²) >= 11 is 0. The predicted molar refractivity (Wildman–Crippen MR) is 105 cm³/mol. The van der Waals surface area contributed by atoms with E-state index in [1.54, 1.807) is 10.9 Å². The lowest BCUT2D eigenvalue weighted by atomic mass is 10.1. The lowest BCUT2D eigenvalue weighted by Crippen LogP contribution is -2.28. The Bertz CT molecular complexity index is 1020. The van der Waals surface area contributed by atoms with Crippen molar-refractivity contribution in [2.24, 2.45) is 0 Å². The molecular formula is C21H24N4O2. The van der Waals surface area contributed by atoms with Gasteiger partial charge in [0.1, 0.15) is 0 Å². The second-order valence-electron chi connectivity index (χ2n) is 6.82. The Morgan fingerprint density at radius 3 is 2.59 bits per heavy atom. The summed E-state index contributed by atoms with van der Waals surface area (Å²) in [6.45, 7) is 7.74. The van der Waals surface area contributed by atoms with Crippen molar-refractivity contribution in [2.45, 2.75) is 40.3 Å². The highest BCUT2D eigenvalue weighted by molar-refractivity contribution is 5.95. The number of aryl methyl sites for hydroxylation is 3. The summed E-state index contributed by atoms with van der Waals surface area (Å²) in [5, 5.41) is 7.33. The summed E-state index contributed by atoms with van der Waals surface area (Å²) in [7, 11) is 0. The summed E-state index contributed by atoms with van der Waals surface area (Å²) in [6.07, 6.45) is 1.76. The van der Waals surface area contributed by atoms with Gasteiger partial charge in [-0.05, 0) is 44.9 Å². The quantitative estimate of drug-likeness (QED) is 0.730. The van der Waals surface area contributed by atoms with Crippen LogP contribution < -0.4 is 10.9 Å². The van der Waals surface area contributed by atoms with Crippen molar-refractivity contribution in [1.82, 2.24) is 20.1 Å². The maximum atomic E-state index is 12.6. The number of carbonyl (C=O) groups is 1. The molecule has 2 heterocycles. The van der Waals surface area contributed by atoms with E-state index in [0.29, 0.717) is 16.8 Å². The highest BCUT2D eigenvalue weighted by Crippen LogP contribution is 2.18. The second kappa shape index (κ2) is 7.61. The first-order valence-corrected chi connectivity index (χ1v) is 8.95. The van der Waals surface area contributed by atoms with Crippen LogP contribution in [0.4, 0.5) is 0 Å². The number of aromatic amines is 1. The Balaban J connectivity index is 1.76. The number of nitrogens with one attached hydrogen (secondary N) is 2. The highest BCUT2D eigenvalue weighted by atomic mass is 16.2. The number of benzene rings is 1. The fraction of sp³-hybridized carbons (Fsp3) is 0.286. The Morgan fingerprint density at radius 1 is 1.22 bits per heavy atom. The summed E-state index contributed by atoms with van der Waals surface area (Å²) < 4.78 is 1.80. The molecule has 0 fully saturated rings. The van der Waals surface area contributed by atoms with Crippen LogP contribution in [0.2, 0.25) is 0 Å². The van der Waals surface area contributed by atoms with Crippen molar-refractivity contribution in [3.05, 3.63) is 86.6 Å². The Morgan fingerprint density at radius 2 is 1.93 bits per heavy atom. The molecule has 0 aliphatic rings. The minimum absolute atomic E-state index is 0.0219. The minimum Gasteiger partial charge on any atom is -0.348 e. The number of aromatic nitrogens is 3. The van der Waals surface area contributed by atoms with Crippen LogP contribution in [0.1, 0.15) is 51.4 Å². The molecule has 1 aromatic carbocycles. The lowest BCUT2D eigenvalue weighted by molar-refractivity contribution is 0.0950. The van der Waals surface area contributed by atoms with Gasteiger partial charge in [-0.3, -0.25) is 14.3 Å². The van der Waals surface area contributed by atoms with E-state index in [1.165, 1.54) is 0 Å². The number of hydrogen-bond donors (Lipinski definition) is 2. The standard InChI is InChI=1S/C21H24N4O2/c1-13-10-14(2)23-21(27)18(13)11-22-20(26)19-12-25(24-15(19)3)16(4)17-8-6-5-7-9-17/h5-10,12,16H,11H2,1-4H3,(H,22,26)(H,23,27)/t16-/m0/s1. The van der Waals surface area contributed by atoms with Gasteiger partial charge in [-0.15, -0.1) is 0 Å². The largest absolute Gasteiger partial charge is 0.348 e. The average molecular weight is 364 g/mol. The van der Waals surface area contributed by atoms with Crippen LogP contribution in [-0.4, -0.2) is 20.7 Å². The molecule has 0 bridgehead atoms. The summed E-state index contributed by atoms with van der Waals surface area (Å²) in [6, 6.07) is 11.9. The lowest BCUT2D eigenvalue weighted by Gasteiger charge is -2.12. The molecule has 1 atom stereocenters. The second-order valence-corrected chi connectivity index (χ2v) is 6.82. The van der Waals surface area contributed by atoms with E-state index in [1.807, 2.05) is 64.1 Å². The van der Waals surface area contributed by atoms with Crippen LogP contribution in [0.3, 0.4) is 0 Å². The van der Waals surface area contributed by atoms with Gasteiger partial charge in [0, 0.05) is 24.0 Å². The molecule has 27 heavy (non-hydrogen) atoms. The maximum absolute atomic E-state index is 12.6. The van der Waals surface area contributed by atoms with Crippen LogP contribution in [0.5, 0.6) is 0 Å². The Kier molecular flexibility index (Phi) is 5.26. The smallest absolute Gasteiger partial charge is 0.255 e. The molecule has 0 radical (unpaired) electrons. The molecular weight excluding hydrogens is 340 g/mol. The minimum atomic E-state index is -0.238. The van der Waals surface area contributed by atoms with Crippen LogP contribution in [0.15, 0.2) is 47.4 Å². The Labute approximate surface area is 158 Å². The van der Waals surface area contributed by atoms with E-state index in [-0.39, 0.29) is 24.1 Å². The number of amides is 1. The van der Waals surface area contributed by atoms with E-state index in [4.69, 9.17) is 0 Å². The van der Waals surface area contributed by atoms with Crippen molar-refractivity contribution in [1.29, 1.82) is 0 Å². The number of hydrogen-bond acceptors (Lipinski definition) is 3. The molecule has 6 heteroatoms. The fourth-order valence-corrected chi connectivity index (χ4v) is 3.15. The number of carbonyl (C=O) groups excluding carboxylic acids is 1. The molecule has 140 valence electrons. The van der Waals surface area contributed by atoms with E-state index in [9.17, 15) is 9.59 Å². The number of H-pyrrole nitrogens is 1. The Hall–Kier alpha value is -3.15. The van der Waals surface area contributed by atoms with Gasteiger partial charge >= 0.3 is 0 Å². The summed E-state index contributed by atoms with van der Waals surface area (Å²) in [4.78, 5) is 27.5. The monoisotopic (exact) mass is 364 g/mol. The zero-order valence-electron chi connectivity index (χ0n) is 16.0. The average Bonchev–Trinajstić information content (AvgIpc) is 3.02. The molecule has 0 spiro atoms. The third-order valence-electron chi connectivity index (χ3n) is 4.76. The zero-order valence-corrected chi connectivity index (χ0v) is 16.0. The topological polar surface area (TPSA) is 79.8 Å². The van der Waals surface area contributed by atoms with Crippen molar-refractivity contribution in [3.63, 3.8) is 0 Å².